The molecule has 9 nitrogen and oxygen atoms in total. The van der Waals surface area contributed by atoms with E-state index in [9.17, 15) is 19.7 Å². The van der Waals surface area contributed by atoms with Crippen molar-refractivity contribution in [2.75, 3.05) is 0 Å². The number of aromatic carboxylic acids is 1. The van der Waals surface area contributed by atoms with Crippen molar-refractivity contribution in [2.45, 2.75) is 20.0 Å². The lowest BCUT2D eigenvalue weighted by molar-refractivity contribution is -0.385. The maximum Gasteiger partial charge on any atom is 0.336 e. The molecule has 27 heavy (non-hydrogen) atoms. The van der Waals surface area contributed by atoms with Crippen molar-refractivity contribution in [1.29, 1.82) is 0 Å². The Morgan fingerprint density at radius 1 is 1.30 bits per heavy atom. The lowest BCUT2D eigenvalue weighted by Gasteiger charge is -2.13. The van der Waals surface area contributed by atoms with Gasteiger partial charge in [-0.15, -0.1) is 0 Å². The van der Waals surface area contributed by atoms with Crippen LogP contribution in [0.5, 0.6) is 5.75 Å². The summed E-state index contributed by atoms with van der Waals surface area (Å²) in [5, 5.41) is 23.6. The number of amides is 1. The normalized spacial score (nSPS) is 11.8. The van der Waals surface area contributed by atoms with E-state index in [1.54, 1.807) is 25.1 Å². The zero-order valence-electron chi connectivity index (χ0n) is 14.6. The number of rotatable bonds is 7. The predicted octanol–water partition coefficient (Wildman–Crippen LogP) is 2.52. The van der Waals surface area contributed by atoms with Crippen molar-refractivity contribution in [3.05, 3.63) is 69.3 Å². The van der Waals surface area contributed by atoms with Crippen molar-refractivity contribution in [3.63, 3.8) is 0 Å². The highest BCUT2D eigenvalue weighted by molar-refractivity contribution is 5.98. The van der Waals surface area contributed by atoms with Gasteiger partial charge in [-0.2, -0.15) is 5.10 Å². The minimum absolute atomic E-state index is 0.0406. The average molecular weight is 371 g/mol. The van der Waals surface area contributed by atoms with E-state index in [1.807, 2.05) is 0 Å². The summed E-state index contributed by atoms with van der Waals surface area (Å²) < 4.78 is 5.45. The van der Waals surface area contributed by atoms with Crippen LogP contribution >= 0.6 is 0 Å². The molecule has 9 heteroatoms. The van der Waals surface area contributed by atoms with Gasteiger partial charge in [-0.05, 0) is 32.0 Å². The summed E-state index contributed by atoms with van der Waals surface area (Å²) in [5.41, 5.74) is 3.03. The van der Waals surface area contributed by atoms with Crippen molar-refractivity contribution in [2.24, 2.45) is 5.10 Å². The van der Waals surface area contributed by atoms with Crippen LogP contribution in [-0.4, -0.2) is 34.2 Å². The van der Waals surface area contributed by atoms with Crippen LogP contribution in [0.3, 0.4) is 0 Å². The molecule has 1 unspecified atom stereocenters. The summed E-state index contributed by atoms with van der Waals surface area (Å²) in [6.07, 6.45) is 0.308. The van der Waals surface area contributed by atoms with Gasteiger partial charge >= 0.3 is 5.97 Å². The van der Waals surface area contributed by atoms with Gasteiger partial charge in [0.15, 0.2) is 6.10 Å². The van der Waals surface area contributed by atoms with Gasteiger partial charge < -0.3 is 9.84 Å². The van der Waals surface area contributed by atoms with Crippen LogP contribution in [0.25, 0.3) is 0 Å². The fourth-order valence-electron chi connectivity index (χ4n) is 2.22. The highest BCUT2D eigenvalue weighted by Crippen LogP contribution is 2.23. The monoisotopic (exact) mass is 371 g/mol. The van der Waals surface area contributed by atoms with E-state index in [1.165, 1.54) is 37.4 Å². The molecule has 0 saturated carbocycles. The molecule has 0 aliphatic heterocycles. The number of hydrogen-bond acceptors (Lipinski definition) is 6. The number of carboxylic acids is 1. The van der Waals surface area contributed by atoms with Crippen LogP contribution in [0.4, 0.5) is 5.69 Å². The van der Waals surface area contributed by atoms with E-state index in [2.05, 4.69) is 10.5 Å². The van der Waals surface area contributed by atoms with Crippen molar-refractivity contribution >= 4 is 23.8 Å². The molecule has 1 atom stereocenters. The first-order valence-corrected chi connectivity index (χ1v) is 7.86. The third kappa shape index (κ3) is 5.11. The fourth-order valence-corrected chi connectivity index (χ4v) is 2.22. The summed E-state index contributed by atoms with van der Waals surface area (Å²) in [4.78, 5) is 33.5. The van der Waals surface area contributed by atoms with Gasteiger partial charge in [0.1, 0.15) is 5.75 Å². The first kappa shape index (κ1) is 19.6. The maximum atomic E-state index is 12.0. The molecule has 0 spiro atoms. The molecule has 140 valence electrons. The van der Waals surface area contributed by atoms with E-state index < -0.39 is 22.9 Å². The molecule has 0 aliphatic carbocycles. The lowest BCUT2D eigenvalue weighted by Crippen LogP contribution is -2.33. The van der Waals surface area contributed by atoms with E-state index in [-0.39, 0.29) is 11.3 Å². The highest BCUT2D eigenvalue weighted by Gasteiger charge is 2.16. The topological polar surface area (TPSA) is 131 Å². The molecule has 2 N–H and O–H groups in total. The molecule has 0 radical (unpaired) electrons. The first-order chi connectivity index (χ1) is 12.8. The smallest absolute Gasteiger partial charge is 0.336 e. The van der Waals surface area contributed by atoms with Crippen molar-refractivity contribution < 1.29 is 24.4 Å². The number of carbonyl (C=O) groups excluding carboxylic acids is 1. The number of nitrogens with one attached hydrogen (secondary N) is 1. The quantitative estimate of drug-likeness (QED) is 0.437. The number of nitrogens with zero attached hydrogens (tertiary/aromatic N) is 2. The Morgan fingerprint density at radius 2 is 2.00 bits per heavy atom. The van der Waals surface area contributed by atoms with Gasteiger partial charge in [0.05, 0.1) is 16.7 Å². The lowest BCUT2D eigenvalue weighted by atomic mass is 10.1. The van der Waals surface area contributed by atoms with Crippen molar-refractivity contribution in [3.8, 4) is 5.75 Å². The van der Waals surface area contributed by atoms with Crippen LogP contribution < -0.4 is 10.2 Å². The largest absolute Gasteiger partial charge is 0.481 e. The number of ether oxygens (including phenoxy) is 1. The molecular weight excluding hydrogens is 354 g/mol. The number of hydrazone groups is 1. The number of hydrogen-bond donors (Lipinski definition) is 2. The van der Waals surface area contributed by atoms with Crippen LogP contribution in [0.2, 0.25) is 0 Å². The van der Waals surface area contributed by atoms with Gasteiger partial charge in [0.25, 0.3) is 11.6 Å². The Balaban J connectivity index is 1.99. The molecule has 0 bridgehead atoms. The molecule has 0 saturated heterocycles. The van der Waals surface area contributed by atoms with Gasteiger partial charge in [0, 0.05) is 17.2 Å². The number of nitro benzene ring substituents is 1. The van der Waals surface area contributed by atoms with Crippen molar-refractivity contribution in [1.82, 2.24) is 5.43 Å². The third-order valence-corrected chi connectivity index (χ3v) is 3.62. The number of carboxylic acid groups (broad SMARTS) is 1. The molecular formula is C18H17N3O6. The Morgan fingerprint density at radius 3 is 2.63 bits per heavy atom. The fraction of sp³-hybridized carbons (Fsp3) is 0.167. The number of carbonyl (C=O) groups is 2. The van der Waals surface area contributed by atoms with Crippen LogP contribution in [0, 0.1) is 17.0 Å². The molecule has 2 aromatic carbocycles. The Kier molecular flexibility index (Phi) is 6.21. The molecule has 0 fully saturated rings. The van der Waals surface area contributed by atoms with Gasteiger partial charge in [-0.25, -0.2) is 10.2 Å². The molecule has 1 amide bonds. The standard InChI is InChI=1S/C18H17N3O6/c1-11-9-14(7-8-16(11)21(25)26)27-12(2)17(22)20-19-10-13-5-3-4-6-15(13)18(23)24/h3-10,12H,1-2H3,(H,20,22)(H,23,24). The van der Waals surface area contributed by atoms with Crippen LogP contribution in [-0.2, 0) is 4.79 Å². The van der Waals surface area contributed by atoms with E-state index in [0.717, 1.165) is 0 Å². The number of benzene rings is 2. The van der Waals surface area contributed by atoms with E-state index >= 15 is 0 Å². The maximum absolute atomic E-state index is 12.0. The average Bonchev–Trinajstić information content (AvgIpc) is 2.61. The summed E-state index contributed by atoms with van der Waals surface area (Å²) in [5.74, 6) is -1.36. The number of aryl methyl sites for hydroxylation is 1. The number of nitro groups is 1. The Labute approximate surface area is 154 Å². The van der Waals surface area contributed by atoms with Gasteiger partial charge in [-0.1, -0.05) is 18.2 Å². The van der Waals surface area contributed by atoms with E-state index in [4.69, 9.17) is 9.84 Å². The van der Waals surface area contributed by atoms with Crippen LogP contribution in [0.1, 0.15) is 28.4 Å². The Bertz CT molecular complexity index is 910. The zero-order valence-corrected chi connectivity index (χ0v) is 14.6. The molecule has 2 rings (SSSR count). The predicted molar refractivity (Wildman–Crippen MR) is 97.1 cm³/mol. The zero-order chi connectivity index (χ0) is 20.0. The molecule has 0 heterocycles. The van der Waals surface area contributed by atoms with Gasteiger partial charge in [-0.3, -0.25) is 14.9 Å². The summed E-state index contributed by atoms with van der Waals surface area (Å²) in [7, 11) is 0. The summed E-state index contributed by atoms with van der Waals surface area (Å²) in [6, 6.07) is 10.4. The third-order valence-electron chi connectivity index (χ3n) is 3.62. The summed E-state index contributed by atoms with van der Waals surface area (Å²) >= 11 is 0. The molecule has 0 aromatic heterocycles. The minimum atomic E-state index is -1.10. The van der Waals surface area contributed by atoms with E-state index in [0.29, 0.717) is 16.9 Å². The minimum Gasteiger partial charge on any atom is -0.481 e. The first-order valence-electron chi connectivity index (χ1n) is 7.86. The highest BCUT2D eigenvalue weighted by atomic mass is 16.6. The second kappa shape index (κ2) is 8.56. The molecule has 0 aliphatic rings. The molecule has 2 aromatic rings. The SMILES string of the molecule is Cc1cc(OC(C)C(=O)NN=Cc2ccccc2C(=O)O)ccc1[N+](=O)[O-]. The second-order valence-electron chi connectivity index (χ2n) is 5.59. The Hall–Kier alpha value is -3.75. The van der Waals surface area contributed by atoms with Gasteiger partial charge in [0.2, 0.25) is 0 Å². The second-order valence-corrected chi connectivity index (χ2v) is 5.59. The van der Waals surface area contributed by atoms with Crippen LogP contribution in [0.15, 0.2) is 47.6 Å². The summed E-state index contributed by atoms with van der Waals surface area (Å²) in [6.45, 7) is 3.06.